The molecule has 0 atom stereocenters. The zero-order valence-corrected chi connectivity index (χ0v) is 15.4. The first-order valence-electron chi connectivity index (χ1n) is 9.01. The molecule has 4 aromatic rings. The van der Waals surface area contributed by atoms with Crippen molar-refractivity contribution in [1.29, 1.82) is 0 Å². The predicted octanol–water partition coefficient (Wildman–Crippen LogP) is 4.81. The molecular weight excluding hydrogens is 339 g/mol. The third-order valence-electron chi connectivity index (χ3n) is 4.50. The van der Waals surface area contributed by atoms with Gasteiger partial charge in [-0.3, -0.25) is 0 Å². The van der Waals surface area contributed by atoms with Crippen LogP contribution in [0.4, 0.5) is 10.2 Å². The van der Waals surface area contributed by atoms with Crippen molar-refractivity contribution in [2.24, 2.45) is 0 Å². The molecule has 0 aliphatic heterocycles. The summed E-state index contributed by atoms with van der Waals surface area (Å²) in [6, 6.07) is 18.9. The number of rotatable bonds is 5. The van der Waals surface area contributed by atoms with Crippen LogP contribution in [0.1, 0.15) is 16.8 Å². The fourth-order valence-electron chi connectivity index (χ4n) is 3.16. The fourth-order valence-corrected chi connectivity index (χ4v) is 3.16. The van der Waals surface area contributed by atoms with E-state index in [9.17, 15) is 4.39 Å². The van der Waals surface area contributed by atoms with Crippen molar-refractivity contribution in [3.05, 3.63) is 83.3 Å². The van der Waals surface area contributed by atoms with Gasteiger partial charge in [-0.1, -0.05) is 35.9 Å². The van der Waals surface area contributed by atoms with Crippen LogP contribution in [0.25, 0.3) is 16.9 Å². The minimum atomic E-state index is -0.210. The molecule has 4 nitrogen and oxygen atoms in total. The van der Waals surface area contributed by atoms with Crippen LogP contribution in [-0.2, 0) is 6.42 Å². The third-order valence-corrected chi connectivity index (χ3v) is 4.50. The van der Waals surface area contributed by atoms with Gasteiger partial charge >= 0.3 is 0 Å². The number of nitrogens with zero attached hydrogens (tertiary/aromatic N) is 3. The molecule has 27 heavy (non-hydrogen) atoms. The van der Waals surface area contributed by atoms with Crippen LogP contribution in [-0.4, -0.2) is 21.1 Å². The van der Waals surface area contributed by atoms with E-state index in [1.807, 2.05) is 41.8 Å². The van der Waals surface area contributed by atoms with Gasteiger partial charge in [-0.15, -0.1) is 0 Å². The molecule has 2 heterocycles. The van der Waals surface area contributed by atoms with Gasteiger partial charge in [0.15, 0.2) is 5.65 Å². The normalized spacial score (nSPS) is 11.1. The van der Waals surface area contributed by atoms with Crippen LogP contribution >= 0.6 is 0 Å². The summed E-state index contributed by atoms with van der Waals surface area (Å²) < 4.78 is 14.9. The van der Waals surface area contributed by atoms with Gasteiger partial charge in [-0.05, 0) is 44.0 Å². The van der Waals surface area contributed by atoms with E-state index >= 15 is 0 Å². The average molecular weight is 360 g/mol. The number of halogens is 1. The highest BCUT2D eigenvalue weighted by atomic mass is 19.1. The molecule has 2 aromatic heterocycles. The molecule has 4 rings (SSSR count). The molecule has 0 spiro atoms. The third kappa shape index (κ3) is 3.82. The first-order chi connectivity index (χ1) is 13.1. The molecule has 0 aliphatic carbocycles. The molecule has 2 aromatic carbocycles. The number of fused-ring (bicyclic) bond motifs is 1. The van der Waals surface area contributed by atoms with Crippen LogP contribution < -0.4 is 5.32 Å². The van der Waals surface area contributed by atoms with Crippen molar-refractivity contribution in [1.82, 2.24) is 14.6 Å². The molecule has 0 amide bonds. The number of aromatic nitrogens is 3. The molecule has 0 radical (unpaired) electrons. The lowest BCUT2D eigenvalue weighted by Gasteiger charge is -2.09. The van der Waals surface area contributed by atoms with Gasteiger partial charge < -0.3 is 5.32 Å². The number of anilines is 1. The Bertz CT molecular complexity index is 1080. The Kier molecular flexibility index (Phi) is 4.59. The van der Waals surface area contributed by atoms with Crippen LogP contribution in [0, 0.1) is 19.7 Å². The number of hydrogen-bond donors (Lipinski definition) is 1. The van der Waals surface area contributed by atoms with E-state index in [1.54, 1.807) is 0 Å². The largest absolute Gasteiger partial charge is 0.370 e. The summed E-state index contributed by atoms with van der Waals surface area (Å²) in [5, 5.41) is 8.18. The Morgan fingerprint density at radius 1 is 1.00 bits per heavy atom. The van der Waals surface area contributed by atoms with Gasteiger partial charge in [0.25, 0.3) is 0 Å². The Hall–Kier alpha value is -3.21. The summed E-state index contributed by atoms with van der Waals surface area (Å²) in [5.41, 5.74) is 6.02. The average Bonchev–Trinajstić information content (AvgIpc) is 3.07. The Morgan fingerprint density at radius 3 is 2.59 bits per heavy atom. The Labute approximate surface area is 157 Å². The summed E-state index contributed by atoms with van der Waals surface area (Å²) in [6.45, 7) is 4.78. The number of hydrogen-bond acceptors (Lipinski definition) is 3. The smallest absolute Gasteiger partial charge is 0.158 e. The quantitative estimate of drug-likeness (QED) is 0.555. The highest BCUT2D eigenvalue weighted by Crippen LogP contribution is 2.22. The van der Waals surface area contributed by atoms with Crippen molar-refractivity contribution in [2.45, 2.75) is 20.3 Å². The highest BCUT2D eigenvalue weighted by molar-refractivity contribution is 5.66. The SMILES string of the molecule is Cc1cccc(-c2cc3nc(C)cc(NCCc4ccc(F)cc4)n3n2)c1. The molecule has 0 fully saturated rings. The monoisotopic (exact) mass is 360 g/mol. The minimum Gasteiger partial charge on any atom is -0.370 e. The van der Waals surface area contributed by atoms with Crippen LogP contribution in [0.3, 0.4) is 0 Å². The van der Waals surface area contributed by atoms with Crippen molar-refractivity contribution >= 4 is 11.5 Å². The molecular formula is C22H21FN4. The number of aryl methyl sites for hydroxylation is 2. The second-order valence-electron chi connectivity index (χ2n) is 6.76. The fraction of sp³-hybridized carbons (Fsp3) is 0.182. The molecule has 1 N–H and O–H groups in total. The van der Waals surface area contributed by atoms with Crippen molar-refractivity contribution in [2.75, 3.05) is 11.9 Å². The second kappa shape index (κ2) is 7.19. The maximum atomic E-state index is 13.0. The van der Waals surface area contributed by atoms with Crippen LogP contribution in [0.15, 0.2) is 60.7 Å². The molecule has 0 unspecified atom stereocenters. The van der Waals surface area contributed by atoms with Gasteiger partial charge in [0.1, 0.15) is 11.6 Å². The predicted molar refractivity (Wildman–Crippen MR) is 106 cm³/mol. The van der Waals surface area contributed by atoms with E-state index in [4.69, 9.17) is 5.10 Å². The number of nitrogens with one attached hydrogen (secondary N) is 1. The molecule has 0 saturated heterocycles. The van der Waals surface area contributed by atoms with Gasteiger partial charge in [0.05, 0.1) is 5.69 Å². The van der Waals surface area contributed by atoms with E-state index < -0.39 is 0 Å². The minimum absolute atomic E-state index is 0.210. The zero-order valence-electron chi connectivity index (χ0n) is 15.4. The summed E-state index contributed by atoms with van der Waals surface area (Å²) in [5.74, 6) is 0.692. The molecule has 0 bridgehead atoms. The number of benzene rings is 2. The Morgan fingerprint density at radius 2 is 1.81 bits per heavy atom. The first-order valence-corrected chi connectivity index (χ1v) is 9.01. The van der Waals surface area contributed by atoms with Gasteiger partial charge in [-0.25, -0.2) is 9.37 Å². The molecule has 0 aliphatic rings. The van der Waals surface area contributed by atoms with Crippen LogP contribution in [0.5, 0.6) is 0 Å². The zero-order chi connectivity index (χ0) is 18.8. The van der Waals surface area contributed by atoms with Crippen molar-refractivity contribution in [3.63, 3.8) is 0 Å². The maximum Gasteiger partial charge on any atom is 0.158 e. The summed E-state index contributed by atoms with van der Waals surface area (Å²) in [6.07, 6.45) is 0.801. The topological polar surface area (TPSA) is 42.2 Å². The van der Waals surface area contributed by atoms with E-state index in [0.29, 0.717) is 0 Å². The van der Waals surface area contributed by atoms with Crippen molar-refractivity contribution in [3.8, 4) is 11.3 Å². The standard InChI is InChI=1S/C22H21FN4/c1-15-4-3-5-18(12-15)20-14-22-25-16(2)13-21(27(22)26-20)24-11-10-17-6-8-19(23)9-7-17/h3-9,12-14,24H,10-11H2,1-2H3. The summed E-state index contributed by atoms with van der Waals surface area (Å²) >= 11 is 0. The lowest BCUT2D eigenvalue weighted by Crippen LogP contribution is -2.10. The van der Waals surface area contributed by atoms with E-state index in [2.05, 4.69) is 35.4 Å². The lowest BCUT2D eigenvalue weighted by molar-refractivity contribution is 0.627. The molecule has 5 heteroatoms. The summed E-state index contributed by atoms with van der Waals surface area (Å²) in [7, 11) is 0. The molecule has 0 saturated carbocycles. The van der Waals surface area contributed by atoms with Gasteiger partial charge in [0.2, 0.25) is 0 Å². The van der Waals surface area contributed by atoms with E-state index in [1.165, 1.54) is 17.7 Å². The van der Waals surface area contributed by atoms with E-state index in [-0.39, 0.29) is 5.82 Å². The van der Waals surface area contributed by atoms with E-state index in [0.717, 1.165) is 46.9 Å². The Balaban J connectivity index is 1.59. The van der Waals surface area contributed by atoms with Crippen LogP contribution in [0.2, 0.25) is 0 Å². The second-order valence-corrected chi connectivity index (χ2v) is 6.76. The maximum absolute atomic E-state index is 13.0. The van der Waals surface area contributed by atoms with Gasteiger partial charge in [-0.2, -0.15) is 9.61 Å². The lowest BCUT2D eigenvalue weighted by atomic mass is 10.1. The van der Waals surface area contributed by atoms with Gasteiger partial charge in [0, 0.05) is 29.9 Å². The first kappa shape index (κ1) is 17.2. The van der Waals surface area contributed by atoms with Crippen molar-refractivity contribution < 1.29 is 4.39 Å². The highest BCUT2D eigenvalue weighted by Gasteiger charge is 2.10. The molecule has 136 valence electrons. The summed E-state index contributed by atoms with van der Waals surface area (Å²) in [4.78, 5) is 4.60.